The fourth-order valence-electron chi connectivity index (χ4n) is 8.52. The summed E-state index contributed by atoms with van der Waals surface area (Å²) in [7, 11) is 0. The standard InChI is InChI=1S/C26H30O2S2.C24H26O2S2.C3H8S2/c1-4-28-24(27)21-11-8-19(9-12-21)6-7-20-10-13-22-23(18-20)26(15-14-25(22,2)3)29-16-5-17-30-26;1-23(2)12-13-24(27-14-3-15-28-24)21-16-18(8-11-20(21)23)5-4-17-6-9-19(10-7-17)22(25)26;4-2-1-3-5/h6-13,18H,4-5,14-17H2,1-3H3;4-11,16H,3,12-15H2,1-2H3,(H,25,26);4-5H,1-3H2/b7-6+;5-4+;. The predicted molar refractivity (Wildman–Crippen MR) is 286 cm³/mol. The molecule has 2 fully saturated rings. The molecule has 4 nitrogen and oxygen atoms in total. The molecule has 4 aromatic rings. The molecule has 0 unspecified atom stereocenters. The molecule has 2 aliphatic carbocycles. The van der Waals surface area contributed by atoms with Crippen molar-refractivity contribution in [2.24, 2.45) is 0 Å². The minimum absolute atomic E-state index is 0.218. The Labute approximate surface area is 405 Å². The number of aromatic carboxylic acids is 1. The van der Waals surface area contributed by atoms with Crippen LogP contribution in [-0.2, 0) is 23.7 Å². The van der Waals surface area contributed by atoms with Crippen LogP contribution in [0.4, 0.5) is 0 Å². The first-order chi connectivity index (χ1) is 30.2. The van der Waals surface area contributed by atoms with Crippen molar-refractivity contribution >= 4 is 109 Å². The highest BCUT2D eigenvalue weighted by Crippen LogP contribution is 2.61. The van der Waals surface area contributed by atoms with Crippen LogP contribution in [0.5, 0.6) is 0 Å². The highest BCUT2D eigenvalue weighted by Gasteiger charge is 2.46. The summed E-state index contributed by atoms with van der Waals surface area (Å²) < 4.78 is 5.51. The second-order valence-electron chi connectivity index (χ2n) is 17.7. The summed E-state index contributed by atoms with van der Waals surface area (Å²) in [5.74, 6) is 5.80. The lowest BCUT2D eigenvalue weighted by atomic mass is 9.72. The Morgan fingerprint density at radius 2 is 0.952 bits per heavy atom. The van der Waals surface area contributed by atoms with Gasteiger partial charge in [0.15, 0.2) is 0 Å². The van der Waals surface area contributed by atoms with Gasteiger partial charge in [-0.1, -0.05) is 101 Å². The first-order valence-electron chi connectivity index (χ1n) is 22.3. The van der Waals surface area contributed by atoms with E-state index in [1.807, 2.05) is 43.3 Å². The topological polar surface area (TPSA) is 63.6 Å². The zero-order valence-corrected chi connectivity index (χ0v) is 42.5. The Kier molecular flexibility index (Phi) is 18.0. The first kappa shape index (κ1) is 49.8. The number of ether oxygens (including phenoxy) is 1. The molecule has 1 N–H and O–H groups in total. The Morgan fingerprint density at radius 1 is 0.571 bits per heavy atom. The fourth-order valence-corrected chi connectivity index (χ4v) is 15.9. The lowest BCUT2D eigenvalue weighted by molar-refractivity contribution is 0.0525. The molecule has 0 aromatic heterocycles. The van der Waals surface area contributed by atoms with Crippen LogP contribution in [0.15, 0.2) is 84.9 Å². The molecule has 0 saturated carbocycles. The lowest BCUT2D eigenvalue weighted by Gasteiger charge is -2.46. The van der Waals surface area contributed by atoms with Crippen LogP contribution in [0.1, 0.15) is 145 Å². The summed E-state index contributed by atoms with van der Waals surface area (Å²) in [4.78, 5) is 22.8. The molecule has 4 aromatic carbocycles. The Morgan fingerprint density at radius 3 is 1.32 bits per heavy atom. The van der Waals surface area contributed by atoms with E-state index in [1.165, 1.54) is 94.9 Å². The van der Waals surface area contributed by atoms with Gasteiger partial charge in [0.2, 0.25) is 0 Å². The zero-order chi connectivity index (χ0) is 45.1. The molecule has 63 heavy (non-hydrogen) atoms. The normalized spacial score (nSPS) is 19.0. The van der Waals surface area contributed by atoms with Gasteiger partial charge >= 0.3 is 11.9 Å². The molecule has 10 heteroatoms. The molecule has 2 saturated heterocycles. The van der Waals surface area contributed by atoms with E-state index in [2.05, 4.69) is 161 Å². The van der Waals surface area contributed by atoms with Crippen molar-refractivity contribution in [3.63, 3.8) is 0 Å². The molecule has 2 spiro atoms. The van der Waals surface area contributed by atoms with E-state index >= 15 is 0 Å². The van der Waals surface area contributed by atoms with Gasteiger partial charge in [-0.15, -0.1) is 47.0 Å². The molecule has 2 aliphatic heterocycles. The Hall–Kier alpha value is -2.60. The molecule has 0 radical (unpaired) electrons. The summed E-state index contributed by atoms with van der Waals surface area (Å²) in [5, 5.41) is 9.04. The van der Waals surface area contributed by atoms with Crippen molar-refractivity contribution in [1.82, 2.24) is 0 Å². The number of rotatable bonds is 9. The van der Waals surface area contributed by atoms with Crippen LogP contribution in [0.2, 0.25) is 0 Å². The van der Waals surface area contributed by atoms with E-state index in [1.54, 1.807) is 12.1 Å². The average Bonchev–Trinajstić information content (AvgIpc) is 3.30. The Balaban J connectivity index is 0.000000190. The van der Waals surface area contributed by atoms with Crippen LogP contribution in [-0.4, -0.2) is 58.2 Å². The highest BCUT2D eigenvalue weighted by atomic mass is 32.2. The van der Waals surface area contributed by atoms with Gasteiger partial charge in [0.25, 0.3) is 0 Å². The molecular formula is C53H64O4S6. The first-order valence-corrected chi connectivity index (χ1v) is 27.5. The van der Waals surface area contributed by atoms with Gasteiger partial charge < -0.3 is 9.84 Å². The van der Waals surface area contributed by atoms with E-state index < -0.39 is 5.97 Å². The number of hydrogen-bond acceptors (Lipinski definition) is 9. The summed E-state index contributed by atoms with van der Waals surface area (Å²) in [6.07, 6.45) is 17.2. The van der Waals surface area contributed by atoms with Gasteiger partial charge in [-0.25, -0.2) is 9.59 Å². The maximum Gasteiger partial charge on any atom is 0.338 e. The predicted octanol–water partition coefficient (Wildman–Crippen LogP) is 15.0. The number of benzene rings is 4. The SMILES string of the molecule is CC1(C)CCC2(SCCCS2)c2cc(/C=C/c3ccc(C(=O)O)cc3)ccc21.CCOC(=O)c1ccc(/C=C/c2ccc3c(c2)C2(CCC3(C)C)SCCCS2)cc1.SCCCS. The molecule has 0 bridgehead atoms. The number of thioether (sulfide) groups is 4. The quantitative estimate of drug-likeness (QED) is 0.0871. The van der Waals surface area contributed by atoms with Crippen molar-refractivity contribution < 1.29 is 19.4 Å². The van der Waals surface area contributed by atoms with Crippen LogP contribution < -0.4 is 0 Å². The van der Waals surface area contributed by atoms with Crippen molar-refractivity contribution in [1.29, 1.82) is 0 Å². The maximum absolute atomic E-state index is 11.8. The van der Waals surface area contributed by atoms with Crippen LogP contribution >= 0.6 is 72.3 Å². The monoisotopic (exact) mass is 956 g/mol. The van der Waals surface area contributed by atoms with Crippen LogP contribution in [0.25, 0.3) is 24.3 Å². The summed E-state index contributed by atoms with van der Waals surface area (Å²) in [6.45, 7) is 11.7. The number of carbonyl (C=O) groups excluding carboxylic acids is 1. The Bertz CT molecular complexity index is 2210. The number of esters is 1. The second kappa shape index (κ2) is 22.7. The third-order valence-corrected chi connectivity index (χ3v) is 19.9. The molecule has 8 rings (SSSR count). The van der Waals surface area contributed by atoms with Gasteiger partial charge in [-0.05, 0) is 178 Å². The number of carbonyl (C=O) groups is 2. The third kappa shape index (κ3) is 12.6. The van der Waals surface area contributed by atoms with Crippen LogP contribution in [0, 0.1) is 0 Å². The number of fused-ring (bicyclic) bond motifs is 4. The van der Waals surface area contributed by atoms with Crippen molar-refractivity contribution in [3.8, 4) is 0 Å². The van der Waals surface area contributed by atoms with Crippen molar-refractivity contribution in [2.45, 2.75) is 98.6 Å². The smallest absolute Gasteiger partial charge is 0.338 e. The molecular weight excluding hydrogens is 893 g/mol. The zero-order valence-electron chi connectivity index (χ0n) is 37.5. The van der Waals surface area contributed by atoms with Gasteiger partial charge in [0.05, 0.1) is 25.9 Å². The second-order valence-corrected chi connectivity index (χ2v) is 24.7. The largest absolute Gasteiger partial charge is 0.478 e. The van der Waals surface area contributed by atoms with E-state index in [4.69, 9.17) is 9.84 Å². The summed E-state index contributed by atoms with van der Waals surface area (Å²) >= 11 is 16.5. The molecule has 336 valence electrons. The third-order valence-electron chi connectivity index (χ3n) is 12.3. The van der Waals surface area contributed by atoms with Gasteiger partial charge in [-0.3, -0.25) is 0 Å². The minimum Gasteiger partial charge on any atom is -0.478 e. The average molecular weight is 957 g/mol. The molecule has 4 aliphatic rings. The minimum atomic E-state index is -0.888. The number of carboxylic acids is 1. The molecule has 0 atom stereocenters. The van der Waals surface area contributed by atoms with E-state index in [9.17, 15) is 9.59 Å². The van der Waals surface area contributed by atoms with E-state index in [0.29, 0.717) is 17.7 Å². The molecule has 0 amide bonds. The van der Waals surface area contributed by atoms with Crippen LogP contribution in [0.3, 0.4) is 0 Å². The molecule has 2 heterocycles. The summed E-state index contributed by atoms with van der Waals surface area (Å²) in [5.41, 5.74) is 12.0. The fraction of sp³-hybridized carbons (Fsp3) is 0.434. The number of hydrogen-bond donors (Lipinski definition) is 3. The van der Waals surface area contributed by atoms with E-state index in [-0.39, 0.29) is 25.0 Å². The summed E-state index contributed by atoms with van der Waals surface area (Å²) in [6, 6.07) is 28.6. The lowest BCUT2D eigenvalue weighted by Crippen LogP contribution is -2.35. The van der Waals surface area contributed by atoms with Gasteiger partial charge in [0.1, 0.15) is 0 Å². The van der Waals surface area contributed by atoms with Gasteiger partial charge in [0, 0.05) is 0 Å². The number of thiol groups is 2. The highest BCUT2D eigenvalue weighted by molar-refractivity contribution is 8.18. The number of carboxylic acid groups (broad SMARTS) is 1. The van der Waals surface area contributed by atoms with Crippen molar-refractivity contribution in [2.75, 3.05) is 41.1 Å². The van der Waals surface area contributed by atoms with Crippen molar-refractivity contribution in [3.05, 3.63) is 141 Å². The van der Waals surface area contributed by atoms with E-state index in [0.717, 1.165) is 29.1 Å². The van der Waals surface area contributed by atoms with Gasteiger partial charge in [-0.2, -0.15) is 25.3 Å². The maximum atomic E-state index is 11.8.